The maximum Gasteiger partial charge on any atom is 0.416 e. The van der Waals surface area contributed by atoms with Gasteiger partial charge in [0.15, 0.2) is 5.60 Å². The first kappa shape index (κ1) is 22.7. The van der Waals surface area contributed by atoms with Gasteiger partial charge in [0.05, 0.1) is 11.3 Å². The van der Waals surface area contributed by atoms with E-state index < -0.39 is 23.3 Å². The highest BCUT2D eigenvalue weighted by Crippen LogP contribution is 2.32. The van der Waals surface area contributed by atoms with Crippen molar-refractivity contribution < 1.29 is 32.3 Å². The molecule has 1 N–H and O–H groups in total. The zero-order valence-corrected chi connectivity index (χ0v) is 17.8. The lowest BCUT2D eigenvalue weighted by Crippen LogP contribution is -2.38. The number of carboxylic acids is 1. The molecule has 164 valence electrons. The quantitative estimate of drug-likeness (QED) is 0.431. The fourth-order valence-corrected chi connectivity index (χ4v) is 3.52. The number of thioether (sulfide) groups is 1. The first-order chi connectivity index (χ1) is 14.5. The SMILES string of the molecule is Cc1cc(SCc2cc(-c3ccc(C(F)(F)F)cc3)no2)ccc1OC(C)(C)C(=O)O. The van der Waals surface area contributed by atoms with Crippen LogP contribution >= 0.6 is 11.8 Å². The molecule has 0 aliphatic heterocycles. The third kappa shape index (κ3) is 5.61. The first-order valence-electron chi connectivity index (χ1n) is 9.25. The molecule has 0 fully saturated rings. The maximum absolute atomic E-state index is 12.7. The van der Waals surface area contributed by atoms with Gasteiger partial charge in [0, 0.05) is 16.5 Å². The molecule has 3 aromatic rings. The Morgan fingerprint density at radius 2 is 1.81 bits per heavy atom. The Hall–Kier alpha value is -2.94. The van der Waals surface area contributed by atoms with Crippen molar-refractivity contribution in [3.8, 4) is 17.0 Å². The number of hydrogen-bond donors (Lipinski definition) is 1. The number of ether oxygens (including phenoxy) is 1. The highest BCUT2D eigenvalue weighted by Gasteiger charge is 2.30. The zero-order chi connectivity index (χ0) is 22.8. The lowest BCUT2D eigenvalue weighted by molar-refractivity contribution is -0.152. The van der Waals surface area contributed by atoms with Gasteiger partial charge in [0.2, 0.25) is 0 Å². The lowest BCUT2D eigenvalue weighted by atomic mass is 10.1. The Morgan fingerprint density at radius 3 is 2.39 bits per heavy atom. The van der Waals surface area contributed by atoms with E-state index in [1.54, 1.807) is 12.1 Å². The molecule has 1 aromatic heterocycles. The number of aromatic nitrogens is 1. The maximum atomic E-state index is 12.7. The van der Waals surface area contributed by atoms with E-state index in [0.29, 0.717) is 28.5 Å². The number of benzene rings is 2. The van der Waals surface area contributed by atoms with Crippen LogP contribution in [-0.2, 0) is 16.7 Å². The molecule has 31 heavy (non-hydrogen) atoms. The summed E-state index contributed by atoms with van der Waals surface area (Å²) in [6, 6.07) is 11.8. The van der Waals surface area contributed by atoms with Crippen molar-refractivity contribution in [1.29, 1.82) is 0 Å². The minimum Gasteiger partial charge on any atom is -0.478 e. The number of aliphatic carboxylic acids is 1. The van der Waals surface area contributed by atoms with Gasteiger partial charge in [-0.3, -0.25) is 0 Å². The second-order valence-corrected chi connectivity index (χ2v) is 8.44. The molecule has 0 unspecified atom stereocenters. The van der Waals surface area contributed by atoms with Crippen LogP contribution in [0.1, 0.15) is 30.7 Å². The molecule has 0 bridgehead atoms. The number of carbonyl (C=O) groups is 1. The Kier molecular flexibility index (Phi) is 6.35. The van der Waals surface area contributed by atoms with Crippen LogP contribution in [0.25, 0.3) is 11.3 Å². The minimum atomic E-state index is -4.38. The molecular formula is C22H20F3NO4S. The second-order valence-electron chi connectivity index (χ2n) is 7.39. The van der Waals surface area contributed by atoms with Crippen LogP contribution < -0.4 is 4.74 Å². The van der Waals surface area contributed by atoms with Crippen molar-refractivity contribution in [2.24, 2.45) is 0 Å². The minimum absolute atomic E-state index is 0.458. The van der Waals surface area contributed by atoms with E-state index in [9.17, 15) is 23.1 Å². The van der Waals surface area contributed by atoms with Crippen LogP contribution in [0.3, 0.4) is 0 Å². The van der Waals surface area contributed by atoms with E-state index in [4.69, 9.17) is 9.26 Å². The number of alkyl halides is 3. The molecule has 0 saturated heterocycles. The fraction of sp³-hybridized carbons (Fsp3) is 0.273. The van der Waals surface area contributed by atoms with Crippen LogP contribution in [0.2, 0.25) is 0 Å². The van der Waals surface area contributed by atoms with E-state index in [1.165, 1.54) is 37.7 Å². The van der Waals surface area contributed by atoms with Crippen molar-refractivity contribution in [3.05, 3.63) is 65.4 Å². The van der Waals surface area contributed by atoms with Crippen LogP contribution in [0.5, 0.6) is 5.75 Å². The van der Waals surface area contributed by atoms with Crippen LogP contribution in [0, 0.1) is 6.92 Å². The summed E-state index contributed by atoms with van der Waals surface area (Å²) in [5.74, 6) is 0.471. The summed E-state index contributed by atoms with van der Waals surface area (Å²) in [6.45, 7) is 4.79. The summed E-state index contributed by atoms with van der Waals surface area (Å²) in [6.07, 6.45) is -4.38. The number of nitrogens with zero attached hydrogens (tertiary/aromatic N) is 1. The second kappa shape index (κ2) is 8.66. The van der Waals surface area contributed by atoms with Gasteiger partial charge in [-0.15, -0.1) is 11.8 Å². The van der Waals surface area contributed by atoms with Gasteiger partial charge in [-0.25, -0.2) is 4.79 Å². The Bertz CT molecular complexity index is 1080. The van der Waals surface area contributed by atoms with Crippen LogP contribution in [-0.4, -0.2) is 21.8 Å². The average Bonchev–Trinajstić information content (AvgIpc) is 3.16. The molecular weight excluding hydrogens is 431 g/mol. The van der Waals surface area contributed by atoms with E-state index in [2.05, 4.69) is 5.16 Å². The Balaban J connectivity index is 1.64. The summed E-state index contributed by atoms with van der Waals surface area (Å²) in [4.78, 5) is 12.2. The van der Waals surface area contributed by atoms with E-state index in [1.807, 2.05) is 19.1 Å². The molecule has 0 saturated carbocycles. The van der Waals surface area contributed by atoms with Crippen molar-refractivity contribution in [2.45, 2.75) is 43.2 Å². The molecule has 0 aliphatic rings. The Labute approximate surface area is 181 Å². The van der Waals surface area contributed by atoms with Crippen LogP contribution in [0.4, 0.5) is 13.2 Å². The molecule has 2 aromatic carbocycles. The topological polar surface area (TPSA) is 72.6 Å². The number of rotatable bonds is 7. The summed E-state index contributed by atoms with van der Waals surface area (Å²) < 4.78 is 48.9. The van der Waals surface area contributed by atoms with Gasteiger partial charge >= 0.3 is 12.1 Å². The Morgan fingerprint density at radius 1 is 1.13 bits per heavy atom. The van der Waals surface area contributed by atoms with Crippen molar-refractivity contribution in [2.75, 3.05) is 0 Å². The van der Waals surface area contributed by atoms with Crippen molar-refractivity contribution in [1.82, 2.24) is 5.16 Å². The predicted molar refractivity (Wildman–Crippen MR) is 110 cm³/mol. The third-order valence-electron chi connectivity index (χ3n) is 4.47. The smallest absolute Gasteiger partial charge is 0.416 e. The molecule has 0 amide bonds. The molecule has 9 heteroatoms. The van der Waals surface area contributed by atoms with Gasteiger partial charge in [-0.2, -0.15) is 13.2 Å². The largest absolute Gasteiger partial charge is 0.478 e. The van der Waals surface area contributed by atoms with E-state index in [-0.39, 0.29) is 0 Å². The van der Waals surface area contributed by atoms with Crippen molar-refractivity contribution in [3.63, 3.8) is 0 Å². The van der Waals surface area contributed by atoms with Gasteiger partial charge in [-0.1, -0.05) is 17.3 Å². The zero-order valence-electron chi connectivity index (χ0n) is 17.0. The van der Waals surface area contributed by atoms with Crippen LogP contribution in [0.15, 0.2) is 57.9 Å². The number of halogens is 3. The first-order valence-corrected chi connectivity index (χ1v) is 10.2. The van der Waals surface area contributed by atoms with E-state index in [0.717, 1.165) is 22.6 Å². The standard InChI is InChI=1S/C22H20F3NO4S/c1-13-10-17(8-9-19(13)29-21(2,3)20(27)28)31-12-16-11-18(26-30-16)14-4-6-15(7-5-14)22(23,24)25/h4-11H,12H2,1-3H3,(H,27,28). The van der Waals surface area contributed by atoms with Crippen molar-refractivity contribution >= 4 is 17.7 Å². The molecule has 0 atom stereocenters. The summed E-state index contributed by atoms with van der Waals surface area (Å²) >= 11 is 1.48. The van der Waals surface area contributed by atoms with Gasteiger partial charge < -0.3 is 14.4 Å². The highest BCUT2D eigenvalue weighted by molar-refractivity contribution is 7.98. The van der Waals surface area contributed by atoms with E-state index >= 15 is 0 Å². The van der Waals surface area contributed by atoms with Gasteiger partial charge in [0.1, 0.15) is 17.2 Å². The molecule has 5 nitrogen and oxygen atoms in total. The van der Waals surface area contributed by atoms with Gasteiger partial charge in [0.25, 0.3) is 0 Å². The number of aryl methyl sites for hydroxylation is 1. The normalized spacial score (nSPS) is 12.1. The summed E-state index contributed by atoms with van der Waals surface area (Å²) in [5.41, 5.74) is -0.271. The third-order valence-corrected chi connectivity index (χ3v) is 5.49. The number of carboxylic acid groups (broad SMARTS) is 1. The molecule has 1 heterocycles. The van der Waals surface area contributed by atoms with Gasteiger partial charge in [-0.05, 0) is 56.7 Å². The molecule has 0 radical (unpaired) electrons. The summed E-state index contributed by atoms with van der Waals surface area (Å²) in [7, 11) is 0. The molecule has 3 rings (SSSR count). The highest BCUT2D eigenvalue weighted by atomic mass is 32.2. The molecule has 0 aliphatic carbocycles. The predicted octanol–water partition coefficient (Wildman–Crippen LogP) is 6.20. The summed E-state index contributed by atoms with van der Waals surface area (Å²) in [5, 5.41) is 13.1. The number of hydrogen-bond acceptors (Lipinski definition) is 5. The monoisotopic (exact) mass is 451 g/mol. The average molecular weight is 451 g/mol. The lowest BCUT2D eigenvalue weighted by Gasteiger charge is -2.22. The fourth-order valence-electron chi connectivity index (χ4n) is 2.65. The molecule has 0 spiro atoms.